The molecule has 3 aromatic heterocycles. The second-order valence-corrected chi connectivity index (χ2v) is 20.2. The zero-order chi connectivity index (χ0) is 43.9. The van der Waals surface area contributed by atoms with E-state index in [1.54, 1.807) is 25.7 Å². The maximum Gasteiger partial charge on any atom is 0.412 e. The predicted octanol–water partition coefficient (Wildman–Crippen LogP) is 8.03. The molecule has 5 aliphatic rings. The Morgan fingerprint density at radius 3 is 2.34 bits per heavy atom. The summed E-state index contributed by atoms with van der Waals surface area (Å²) in [6.45, 7) is 14.1. The van der Waals surface area contributed by atoms with Crippen molar-refractivity contribution in [2.75, 3.05) is 49.5 Å². The summed E-state index contributed by atoms with van der Waals surface area (Å²) >= 11 is 0.833. The van der Waals surface area contributed by atoms with E-state index in [1.807, 2.05) is 20.8 Å². The molecule has 7 heterocycles. The van der Waals surface area contributed by atoms with Crippen LogP contribution in [0.25, 0.3) is 32.2 Å². The Kier molecular flexibility index (Phi) is 10.4. The minimum Gasteiger partial charge on any atom is -0.463 e. The van der Waals surface area contributed by atoms with Gasteiger partial charge in [0.05, 0.1) is 59.3 Å². The summed E-state index contributed by atoms with van der Waals surface area (Å²) < 4.78 is 57.3. The molecule has 1 N–H and O–H groups in total. The zero-order valence-corrected chi connectivity index (χ0v) is 36.5. The third-order valence-corrected chi connectivity index (χ3v) is 13.4. The number of carbonyl (C=O) groups excluding carboxylic acids is 2. The molecule has 2 bridgehead atoms. The van der Waals surface area contributed by atoms with Crippen LogP contribution in [0.3, 0.4) is 0 Å². The molecule has 1 saturated carbocycles. The van der Waals surface area contributed by atoms with Gasteiger partial charge in [-0.1, -0.05) is 0 Å². The van der Waals surface area contributed by atoms with E-state index in [0.29, 0.717) is 42.0 Å². The van der Waals surface area contributed by atoms with Crippen molar-refractivity contribution in [3.8, 4) is 29.4 Å². The Morgan fingerprint density at radius 2 is 1.69 bits per heavy atom. The maximum atomic E-state index is 17.9. The fourth-order valence-electron chi connectivity index (χ4n) is 9.36. The van der Waals surface area contributed by atoms with Crippen LogP contribution in [0.2, 0.25) is 0 Å². The lowest BCUT2D eigenvalue weighted by molar-refractivity contribution is 0.0209. The molecular formula is C44H49F2N9O6S. The normalized spacial score (nSPS) is 21.8. The number of halogens is 2. The van der Waals surface area contributed by atoms with Crippen LogP contribution in [0.15, 0.2) is 6.20 Å². The van der Waals surface area contributed by atoms with Gasteiger partial charge in [-0.15, -0.1) is 11.3 Å². The number of benzene rings is 1. The minimum absolute atomic E-state index is 0.000478. The zero-order valence-electron chi connectivity index (χ0n) is 35.7. The molecule has 1 aliphatic carbocycles. The summed E-state index contributed by atoms with van der Waals surface area (Å²) in [5.41, 5.74) is -0.704. The van der Waals surface area contributed by atoms with Crippen molar-refractivity contribution < 1.29 is 37.3 Å². The maximum absolute atomic E-state index is 17.9. The van der Waals surface area contributed by atoms with Crippen LogP contribution < -0.4 is 15.0 Å². The number of amides is 2. The van der Waals surface area contributed by atoms with E-state index in [4.69, 9.17) is 28.9 Å². The first kappa shape index (κ1) is 41.9. The van der Waals surface area contributed by atoms with Gasteiger partial charge in [-0.25, -0.2) is 18.4 Å². The van der Waals surface area contributed by atoms with E-state index in [9.17, 15) is 20.1 Å². The number of carbonyl (C=O) groups is 2. The molecule has 0 radical (unpaired) electrons. The van der Waals surface area contributed by atoms with Crippen molar-refractivity contribution in [3.63, 3.8) is 0 Å². The van der Waals surface area contributed by atoms with Crippen molar-refractivity contribution in [1.82, 2.24) is 24.8 Å². The van der Waals surface area contributed by atoms with Crippen LogP contribution in [0, 0.1) is 45.6 Å². The first-order chi connectivity index (χ1) is 29.4. The lowest BCUT2D eigenvalue weighted by Crippen LogP contribution is -2.56. The van der Waals surface area contributed by atoms with Crippen LogP contribution in [0.4, 0.5) is 29.2 Å². The molecule has 1 aromatic carbocycles. The van der Waals surface area contributed by atoms with Crippen LogP contribution >= 0.6 is 11.3 Å². The fourth-order valence-corrected chi connectivity index (χ4v) is 10.4. The number of ether oxygens (including phenoxy) is 4. The Hall–Kier alpha value is -5.43. The van der Waals surface area contributed by atoms with Crippen LogP contribution in [0.5, 0.6) is 6.01 Å². The number of aromatic nitrogens is 3. The summed E-state index contributed by atoms with van der Waals surface area (Å²) in [4.78, 5) is 46.6. The summed E-state index contributed by atoms with van der Waals surface area (Å²) in [5, 5.41) is 23.1. The van der Waals surface area contributed by atoms with E-state index in [1.165, 1.54) is 0 Å². The fraction of sp³-hybridized carbons (Fsp3) is 0.568. The van der Waals surface area contributed by atoms with Gasteiger partial charge in [0.1, 0.15) is 33.6 Å². The largest absolute Gasteiger partial charge is 0.463 e. The van der Waals surface area contributed by atoms with Gasteiger partial charge < -0.3 is 33.6 Å². The highest BCUT2D eigenvalue weighted by atomic mass is 32.1. The number of nitrogens with one attached hydrogen (secondary N) is 1. The van der Waals surface area contributed by atoms with Crippen LogP contribution in [-0.4, -0.2) is 99.6 Å². The van der Waals surface area contributed by atoms with Crippen molar-refractivity contribution in [2.24, 2.45) is 11.3 Å². The average Bonchev–Trinajstić information content (AvgIpc) is 3.54. The van der Waals surface area contributed by atoms with E-state index in [2.05, 4.69) is 32.2 Å². The average molecular weight is 870 g/mol. The number of hydrogen-bond acceptors (Lipinski definition) is 14. The number of likely N-dealkylation sites (tertiary alicyclic amines) is 2. The van der Waals surface area contributed by atoms with Crippen molar-refractivity contribution in [3.05, 3.63) is 34.5 Å². The first-order valence-corrected chi connectivity index (χ1v) is 21.9. The first-order valence-electron chi connectivity index (χ1n) is 21.1. The number of hydrogen-bond donors (Lipinski definition) is 1. The van der Waals surface area contributed by atoms with Gasteiger partial charge in [-0.3, -0.25) is 10.3 Å². The number of nitrogens with zero attached hydrogens (tertiary/aromatic N) is 8. The number of piperazine rings is 1. The highest BCUT2D eigenvalue weighted by Gasteiger charge is 2.47. The topological polar surface area (TPSA) is 179 Å². The third kappa shape index (κ3) is 7.81. The van der Waals surface area contributed by atoms with E-state index in [-0.39, 0.29) is 80.1 Å². The number of pyridine rings is 1. The van der Waals surface area contributed by atoms with Crippen LogP contribution in [-0.2, 0) is 27.4 Å². The molecule has 18 heteroatoms. The Morgan fingerprint density at radius 1 is 0.984 bits per heavy atom. The standard InChI is InChI=1S/C44H49F2N9O6S/c1-42(2,3)60-40(56)52-38-26(14-48)31-34(49-15-29(45)36(31)62-38)30-27-19-58-20-28(27)32-35(33(30)46)50-39(59-22-44(10-11-44)21-53-12-9-23(13-47)16-53)51-37(32)55-24-7-8-25(55)18-54(17-24)41(57)61-43(4,5)6/h15,23-25H,7-12,16-22H2,1-6H3,(H,52,56)/t23-,24?,25?/m0/s1. The predicted molar refractivity (Wildman–Crippen MR) is 226 cm³/mol. The SMILES string of the molecule is CC(C)(C)OC(=O)Nc1sc2c(F)cnc(-c3c4c(c5c(N6C7CCC6CN(C(=O)OC(C)(C)C)C7)nc(OCC6(CN7CC[C@@H](C#N)C7)CC6)nc5c3F)COC4)c2c1C#N. The molecule has 62 heavy (non-hydrogen) atoms. The quantitative estimate of drug-likeness (QED) is 0.180. The molecule has 4 fully saturated rings. The number of thiophene rings is 1. The minimum atomic E-state index is -0.844. The summed E-state index contributed by atoms with van der Waals surface area (Å²) in [6.07, 6.45) is 3.98. The molecule has 3 saturated heterocycles. The van der Waals surface area contributed by atoms with Crippen molar-refractivity contribution in [1.29, 1.82) is 10.5 Å². The van der Waals surface area contributed by atoms with Crippen LogP contribution in [0.1, 0.15) is 90.3 Å². The second kappa shape index (κ2) is 15.4. The molecule has 2 unspecified atom stereocenters. The lowest BCUT2D eigenvalue weighted by Gasteiger charge is -2.42. The molecular weight excluding hydrogens is 821 g/mol. The van der Waals surface area contributed by atoms with E-state index in [0.717, 1.165) is 69.3 Å². The molecule has 0 spiro atoms. The molecule has 2 amide bonds. The van der Waals surface area contributed by atoms with Gasteiger partial charge >= 0.3 is 18.2 Å². The molecule has 326 valence electrons. The highest BCUT2D eigenvalue weighted by molar-refractivity contribution is 7.23. The molecule has 3 atom stereocenters. The second-order valence-electron chi connectivity index (χ2n) is 19.2. The van der Waals surface area contributed by atoms with Crippen molar-refractivity contribution >= 4 is 55.3 Å². The molecule has 4 aromatic rings. The monoisotopic (exact) mass is 869 g/mol. The Balaban J connectivity index is 1.16. The van der Waals surface area contributed by atoms with Crippen molar-refractivity contribution in [2.45, 2.75) is 110 Å². The van der Waals surface area contributed by atoms with Gasteiger partial charge in [0.15, 0.2) is 11.6 Å². The van der Waals surface area contributed by atoms with E-state index >= 15 is 8.78 Å². The smallest absolute Gasteiger partial charge is 0.412 e. The molecule has 4 aliphatic heterocycles. The van der Waals surface area contributed by atoms with E-state index < -0.39 is 35.0 Å². The Bertz CT molecular complexity index is 2580. The number of rotatable bonds is 8. The molecule has 15 nitrogen and oxygen atoms in total. The number of anilines is 2. The van der Waals surface area contributed by atoms with Gasteiger partial charge in [-0.2, -0.15) is 20.5 Å². The van der Waals surface area contributed by atoms with Gasteiger partial charge in [0.2, 0.25) is 0 Å². The van der Waals surface area contributed by atoms with Gasteiger partial charge in [0, 0.05) is 54.6 Å². The highest BCUT2D eigenvalue weighted by Crippen LogP contribution is 2.50. The third-order valence-electron chi connectivity index (χ3n) is 12.2. The van der Waals surface area contributed by atoms with Gasteiger partial charge in [-0.05, 0) is 91.3 Å². The summed E-state index contributed by atoms with van der Waals surface area (Å²) in [5.74, 6) is -1.03. The summed E-state index contributed by atoms with van der Waals surface area (Å²) in [6, 6.07) is 4.14. The number of nitriles is 2. The Labute approximate surface area is 361 Å². The summed E-state index contributed by atoms with van der Waals surface area (Å²) in [7, 11) is 0. The van der Waals surface area contributed by atoms with Gasteiger partial charge in [0.25, 0.3) is 0 Å². The molecule has 9 rings (SSSR count). The number of fused-ring (bicyclic) bond motifs is 6. The lowest BCUT2D eigenvalue weighted by atomic mass is 9.93.